The summed E-state index contributed by atoms with van der Waals surface area (Å²) in [6.07, 6.45) is 1.51. The Kier molecular flexibility index (Phi) is 5.48. The molecule has 0 saturated carbocycles. The van der Waals surface area contributed by atoms with E-state index in [1.165, 1.54) is 28.6 Å². The molecule has 1 aliphatic heterocycles. The standard InChI is InChI=1S/C19H22FNO4S/c1-24-16-9-10-17(19(12-16)25-2)18-4-3-11-21(18)26(22,23)13-14-5-7-15(20)8-6-14/h5-10,12,18H,3-4,11,13H2,1-2H3. The van der Waals surface area contributed by atoms with Crippen LogP contribution in [0.5, 0.6) is 11.5 Å². The van der Waals surface area contributed by atoms with Gasteiger partial charge in [-0.2, -0.15) is 4.31 Å². The normalized spacial score (nSPS) is 18.0. The lowest BCUT2D eigenvalue weighted by Gasteiger charge is -2.26. The van der Waals surface area contributed by atoms with Crippen molar-refractivity contribution < 1.29 is 22.3 Å². The molecule has 1 aliphatic rings. The van der Waals surface area contributed by atoms with Gasteiger partial charge in [0.15, 0.2) is 0 Å². The van der Waals surface area contributed by atoms with E-state index >= 15 is 0 Å². The molecule has 3 rings (SSSR count). The van der Waals surface area contributed by atoms with Gasteiger partial charge < -0.3 is 9.47 Å². The van der Waals surface area contributed by atoms with Gasteiger partial charge in [0.25, 0.3) is 0 Å². The Bertz CT molecular complexity index is 868. The van der Waals surface area contributed by atoms with Gasteiger partial charge in [0.2, 0.25) is 10.0 Å². The lowest BCUT2D eigenvalue weighted by atomic mass is 10.0. The van der Waals surface area contributed by atoms with Crippen LogP contribution in [0.25, 0.3) is 0 Å². The molecule has 1 heterocycles. The van der Waals surface area contributed by atoms with Crippen molar-refractivity contribution in [3.63, 3.8) is 0 Å². The van der Waals surface area contributed by atoms with E-state index in [0.717, 1.165) is 18.4 Å². The van der Waals surface area contributed by atoms with Crippen LogP contribution in [0.1, 0.15) is 30.0 Å². The van der Waals surface area contributed by atoms with E-state index in [4.69, 9.17) is 9.47 Å². The number of sulfonamides is 1. The summed E-state index contributed by atoms with van der Waals surface area (Å²) in [4.78, 5) is 0. The minimum Gasteiger partial charge on any atom is -0.497 e. The van der Waals surface area contributed by atoms with Crippen molar-refractivity contribution in [3.05, 3.63) is 59.4 Å². The second-order valence-corrected chi connectivity index (χ2v) is 8.18. The molecule has 0 N–H and O–H groups in total. The predicted octanol–water partition coefficient (Wildman–Crippen LogP) is 3.51. The highest BCUT2D eigenvalue weighted by atomic mass is 32.2. The van der Waals surface area contributed by atoms with Gasteiger partial charge in [-0.3, -0.25) is 0 Å². The van der Waals surface area contributed by atoms with Crippen LogP contribution in [0.15, 0.2) is 42.5 Å². The third-order valence-electron chi connectivity index (χ3n) is 4.62. The highest BCUT2D eigenvalue weighted by Gasteiger charge is 2.36. The van der Waals surface area contributed by atoms with E-state index in [-0.39, 0.29) is 17.6 Å². The molecule has 0 radical (unpaired) electrons. The molecule has 2 aromatic carbocycles. The molecule has 26 heavy (non-hydrogen) atoms. The first-order valence-electron chi connectivity index (χ1n) is 8.40. The van der Waals surface area contributed by atoms with Crippen molar-refractivity contribution in [2.75, 3.05) is 20.8 Å². The Hall–Kier alpha value is -2.12. The van der Waals surface area contributed by atoms with Crippen LogP contribution in [-0.2, 0) is 15.8 Å². The zero-order valence-electron chi connectivity index (χ0n) is 14.8. The summed E-state index contributed by atoms with van der Waals surface area (Å²) in [5.74, 6) is 0.734. The molecule has 0 aliphatic carbocycles. The molecule has 5 nitrogen and oxygen atoms in total. The molecule has 1 fully saturated rings. The molecule has 1 unspecified atom stereocenters. The number of methoxy groups -OCH3 is 2. The topological polar surface area (TPSA) is 55.8 Å². The maximum Gasteiger partial charge on any atom is 0.218 e. The minimum atomic E-state index is -3.54. The molecule has 0 bridgehead atoms. The monoisotopic (exact) mass is 379 g/mol. The van der Waals surface area contributed by atoms with Gasteiger partial charge in [0, 0.05) is 18.2 Å². The SMILES string of the molecule is COc1ccc(C2CCCN2S(=O)(=O)Cc2ccc(F)cc2)c(OC)c1. The third-order valence-corrected chi connectivity index (χ3v) is 6.47. The highest BCUT2D eigenvalue weighted by Crippen LogP contribution is 2.40. The number of hydrogen-bond acceptors (Lipinski definition) is 4. The van der Waals surface area contributed by atoms with E-state index in [0.29, 0.717) is 23.6 Å². The largest absolute Gasteiger partial charge is 0.497 e. The molecule has 2 aromatic rings. The smallest absolute Gasteiger partial charge is 0.218 e. The number of nitrogens with zero attached hydrogens (tertiary/aromatic N) is 1. The van der Waals surface area contributed by atoms with Crippen molar-refractivity contribution in [2.45, 2.75) is 24.6 Å². The van der Waals surface area contributed by atoms with E-state index in [1.807, 2.05) is 6.07 Å². The third kappa shape index (κ3) is 3.83. The van der Waals surface area contributed by atoms with Crippen LogP contribution in [0.4, 0.5) is 4.39 Å². The number of halogens is 1. The lowest BCUT2D eigenvalue weighted by Crippen LogP contribution is -2.32. The van der Waals surface area contributed by atoms with E-state index in [1.54, 1.807) is 26.4 Å². The molecule has 0 amide bonds. The van der Waals surface area contributed by atoms with Gasteiger partial charge in [0.05, 0.1) is 26.0 Å². The Balaban J connectivity index is 1.89. The number of hydrogen-bond donors (Lipinski definition) is 0. The minimum absolute atomic E-state index is 0.151. The average Bonchev–Trinajstić information content (AvgIpc) is 3.13. The number of benzene rings is 2. The summed E-state index contributed by atoms with van der Waals surface area (Å²) < 4.78 is 51.2. The van der Waals surface area contributed by atoms with Crippen molar-refractivity contribution in [1.29, 1.82) is 0 Å². The Labute approximate surface area is 153 Å². The van der Waals surface area contributed by atoms with E-state index in [2.05, 4.69) is 0 Å². The first-order chi connectivity index (χ1) is 12.4. The zero-order valence-corrected chi connectivity index (χ0v) is 15.6. The summed E-state index contributed by atoms with van der Waals surface area (Å²) in [6, 6.07) is 10.7. The van der Waals surface area contributed by atoms with Crippen LogP contribution >= 0.6 is 0 Å². The van der Waals surface area contributed by atoms with E-state index < -0.39 is 10.0 Å². The maximum absolute atomic E-state index is 13.1. The Morgan fingerprint density at radius 2 is 1.85 bits per heavy atom. The van der Waals surface area contributed by atoms with Gasteiger partial charge >= 0.3 is 0 Å². The second-order valence-electron chi connectivity index (χ2n) is 6.26. The average molecular weight is 379 g/mol. The van der Waals surface area contributed by atoms with Crippen molar-refractivity contribution in [3.8, 4) is 11.5 Å². The molecule has 0 spiro atoms. The van der Waals surface area contributed by atoms with Gasteiger partial charge in [-0.25, -0.2) is 12.8 Å². The fourth-order valence-corrected chi connectivity index (χ4v) is 5.15. The van der Waals surface area contributed by atoms with Crippen LogP contribution in [-0.4, -0.2) is 33.5 Å². The number of rotatable bonds is 6. The van der Waals surface area contributed by atoms with Crippen molar-refractivity contribution >= 4 is 10.0 Å². The first-order valence-corrected chi connectivity index (χ1v) is 10.0. The van der Waals surface area contributed by atoms with Gasteiger partial charge in [0.1, 0.15) is 17.3 Å². The molecule has 1 saturated heterocycles. The lowest BCUT2D eigenvalue weighted by molar-refractivity contribution is 0.361. The van der Waals surface area contributed by atoms with Gasteiger partial charge in [-0.15, -0.1) is 0 Å². The summed E-state index contributed by atoms with van der Waals surface area (Å²) >= 11 is 0. The van der Waals surface area contributed by atoms with Crippen LogP contribution in [0.2, 0.25) is 0 Å². The Morgan fingerprint density at radius 3 is 2.50 bits per heavy atom. The molecular formula is C19H22FNO4S. The van der Waals surface area contributed by atoms with Crippen molar-refractivity contribution in [2.24, 2.45) is 0 Å². The van der Waals surface area contributed by atoms with Crippen LogP contribution in [0, 0.1) is 5.82 Å². The summed E-state index contributed by atoms with van der Waals surface area (Å²) in [6.45, 7) is 0.462. The predicted molar refractivity (Wildman–Crippen MR) is 97.3 cm³/mol. The van der Waals surface area contributed by atoms with Crippen molar-refractivity contribution in [1.82, 2.24) is 4.31 Å². The quantitative estimate of drug-likeness (QED) is 0.771. The van der Waals surface area contributed by atoms with Gasteiger partial charge in [-0.1, -0.05) is 18.2 Å². The summed E-state index contributed by atoms with van der Waals surface area (Å²) in [5, 5.41) is 0. The van der Waals surface area contributed by atoms with E-state index in [9.17, 15) is 12.8 Å². The molecular weight excluding hydrogens is 357 g/mol. The summed E-state index contributed by atoms with van der Waals surface area (Å²) in [5.41, 5.74) is 1.40. The fourth-order valence-electron chi connectivity index (χ4n) is 3.35. The molecule has 1 atom stereocenters. The molecule has 140 valence electrons. The zero-order chi connectivity index (χ0) is 18.7. The molecule has 0 aromatic heterocycles. The Morgan fingerprint density at radius 1 is 1.12 bits per heavy atom. The number of ether oxygens (including phenoxy) is 2. The first kappa shape index (κ1) is 18.7. The highest BCUT2D eigenvalue weighted by molar-refractivity contribution is 7.88. The maximum atomic E-state index is 13.1. The fraction of sp³-hybridized carbons (Fsp3) is 0.368. The van der Waals surface area contributed by atoms with Crippen LogP contribution < -0.4 is 9.47 Å². The summed E-state index contributed by atoms with van der Waals surface area (Å²) in [7, 11) is -0.407. The van der Waals surface area contributed by atoms with Crippen LogP contribution in [0.3, 0.4) is 0 Å². The molecule has 7 heteroatoms. The second kappa shape index (κ2) is 7.63. The van der Waals surface area contributed by atoms with Gasteiger partial charge in [-0.05, 0) is 36.6 Å².